The molecule has 0 fully saturated rings. The Bertz CT molecular complexity index is 547. The predicted octanol–water partition coefficient (Wildman–Crippen LogP) is 7.66. The van der Waals surface area contributed by atoms with E-state index in [1.165, 1.54) is 1.11 Å². The fraction of sp³-hybridized carbons (Fsp3) is 1.00. The average molecular weight is 572 g/mol. The summed E-state index contributed by atoms with van der Waals surface area (Å²) in [6.45, 7) is 0. The van der Waals surface area contributed by atoms with Gasteiger partial charge in [0.25, 0.3) is 0 Å². The van der Waals surface area contributed by atoms with Gasteiger partial charge in [0.05, 0.1) is 0 Å². The molecule has 0 saturated carbocycles. The van der Waals surface area contributed by atoms with Gasteiger partial charge in [0.2, 0.25) is 0 Å². The molecule has 0 spiro atoms. The van der Waals surface area contributed by atoms with Crippen LogP contribution in [0.1, 0.15) is 0 Å². The number of hydrogen-bond donors (Lipinski definition) is 0. The van der Waals surface area contributed by atoms with Crippen molar-refractivity contribution >= 4 is 60.6 Å². The monoisotopic (exact) mass is 574 g/mol. The van der Waals surface area contributed by atoms with E-state index in [1.807, 2.05) is 29.6 Å². The summed E-state index contributed by atoms with van der Waals surface area (Å²) in [5.74, 6) is 0. The molecule has 0 amide bonds. The molecule has 14 heteroatoms. The summed E-state index contributed by atoms with van der Waals surface area (Å²) in [5.41, 5.74) is 0. The van der Waals surface area contributed by atoms with Crippen LogP contribution >= 0.6 is 23.3 Å². The van der Waals surface area contributed by atoms with Gasteiger partial charge in [-0.05, 0) is 0 Å². The van der Waals surface area contributed by atoms with Gasteiger partial charge in [-0.3, -0.25) is 0 Å². The first-order valence-corrected chi connectivity index (χ1v) is 29.9. The number of nitrogens with zero attached hydrogens (tertiary/aromatic N) is 4. The Hall–Kier alpha value is 1.90. The summed E-state index contributed by atoms with van der Waals surface area (Å²) in [6.07, 6.45) is 0. The van der Waals surface area contributed by atoms with Crippen LogP contribution in [0.4, 0.5) is 21.0 Å². The molecule has 0 radical (unpaired) electrons. The van der Waals surface area contributed by atoms with Crippen molar-refractivity contribution in [1.82, 2.24) is 1.11 Å². The first kappa shape index (κ1) is 19.9. The first-order valence-electron chi connectivity index (χ1n) is 5.69. The quantitative estimate of drug-likeness (QED) is 0.195. The van der Waals surface area contributed by atoms with Crippen LogP contribution in [0.3, 0.4) is 0 Å². The van der Waals surface area contributed by atoms with E-state index in [1.54, 1.807) is 0 Å². The molecule has 0 aliphatic carbocycles. The molecule has 20 heavy (non-hydrogen) atoms. The van der Waals surface area contributed by atoms with Crippen molar-refractivity contribution in [1.29, 1.82) is 0 Å². The minimum absolute atomic E-state index is 1.35. The Labute approximate surface area is 125 Å². The summed E-state index contributed by atoms with van der Waals surface area (Å²) >= 11 is -6.53. The van der Waals surface area contributed by atoms with Gasteiger partial charge in [-0.25, -0.2) is 0 Å². The maximum atomic E-state index is 15.1. The molecule has 0 aromatic carbocycles. The summed E-state index contributed by atoms with van der Waals surface area (Å²) in [6, 6.07) is 0. The van der Waals surface area contributed by atoms with Crippen LogP contribution in [0.2, 0.25) is 29.6 Å². The van der Waals surface area contributed by atoms with Crippen molar-refractivity contribution < 1.29 is 21.0 Å². The van der Waals surface area contributed by atoms with Crippen LogP contribution in [0.25, 0.3) is 0 Å². The van der Waals surface area contributed by atoms with Gasteiger partial charge in [-0.15, -0.1) is 0 Å². The van der Waals surface area contributed by atoms with E-state index >= 15 is 4.20 Å². The van der Waals surface area contributed by atoms with Crippen molar-refractivity contribution in [2.45, 2.75) is 29.6 Å². The van der Waals surface area contributed by atoms with Crippen LogP contribution in [0, 0.1) is 0 Å². The van der Waals surface area contributed by atoms with E-state index in [4.69, 9.17) is 0 Å². The molecule has 0 N–H and O–H groups in total. The molecule has 1 aliphatic rings. The summed E-state index contributed by atoms with van der Waals surface area (Å²) in [7, 11) is -15.9. The SMILES string of the molecule is [CH3][Sn]([CH3])([CH3])[N](P1(F)=NP(F)(F)=NP(F)(F)=N1)[Sn]([CH3])([CH3])[CH3]. The fourth-order valence-corrected chi connectivity index (χ4v) is 70.6. The van der Waals surface area contributed by atoms with Crippen LogP contribution < -0.4 is 0 Å². The topological polar surface area (TPSA) is 40.3 Å². The van der Waals surface area contributed by atoms with E-state index < -0.39 is 60.6 Å². The number of hydrogen-bond acceptors (Lipinski definition) is 4. The molecule has 0 bridgehead atoms. The van der Waals surface area contributed by atoms with Crippen LogP contribution in [0.5, 0.6) is 0 Å². The number of halogens is 5. The second kappa shape index (κ2) is 5.76. The van der Waals surface area contributed by atoms with Gasteiger partial charge < -0.3 is 0 Å². The van der Waals surface area contributed by atoms with Crippen molar-refractivity contribution in [2.75, 3.05) is 0 Å². The van der Waals surface area contributed by atoms with E-state index in [2.05, 4.69) is 13.5 Å². The molecule has 0 saturated heterocycles. The Morgan fingerprint density at radius 1 is 0.650 bits per heavy atom. The Morgan fingerprint density at radius 2 is 1.00 bits per heavy atom. The third-order valence-corrected chi connectivity index (χ3v) is 53.3. The van der Waals surface area contributed by atoms with E-state index in [0.717, 1.165) is 0 Å². The van der Waals surface area contributed by atoms with E-state index in [0.29, 0.717) is 0 Å². The van der Waals surface area contributed by atoms with Crippen molar-refractivity contribution in [2.24, 2.45) is 13.5 Å². The maximum absolute atomic E-state index is 15.1. The Kier molecular flexibility index (Phi) is 5.74. The van der Waals surface area contributed by atoms with Gasteiger partial charge in [0, 0.05) is 0 Å². The summed E-state index contributed by atoms with van der Waals surface area (Å²) in [5, 5.41) is 0. The minimum atomic E-state index is -5.62. The fourth-order valence-electron chi connectivity index (χ4n) is 2.31. The molecular formula is C6H18F5N4P3Sn2. The molecule has 1 aliphatic heterocycles. The first-order chi connectivity index (χ1) is 8.49. The zero-order valence-corrected chi connectivity index (χ0v) is 20.4. The van der Waals surface area contributed by atoms with Gasteiger partial charge in [-0.1, -0.05) is 0 Å². The Balaban J connectivity index is 3.70. The van der Waals surface area contributed by atoms with Crippen LogP contribution in [-0.2, 0) is 0 Å². The molecule has 0 aromatic heterocycles. The van der Waals surface area contributed by atoms with Crippen LogP contribution in [0.15, 0.2) is 13.5 Å². The van der Waals surface area contributed by atoms with Gasteiger partial charge >= 0.3 is 126 Å². The zero-order valence-electron chi connectivity index (χ0n) is 12.0. The van der Waals surface area contributed by atoms with E-state index in [-0.39, 0.29) is 0 Å². The molecule has 1 unspecified atom stereocenters. The molecule has 4 nitrogen and oxygen atoms in total. The predicted molar refractivity (Wildman–Crippen MR) is 82.1 cm³/mol. The zero-order chi connectivity index (χ0) is 16.2. The van der Waals surface area contributed by atoms with Crippen LogP contribution in [-0.4, -0.2) is 38.4 Å². The molecular weight excluding hydrogens is 553 g/mol. The van der Waals surface area contributed by atoms with Gasteiger partial charge in [0.15, 0.2) is 0 Å². The number of rotatable bonds is 3. The molecule has 1 rings (SSSR count). The van der Waals surface area contributed by atoms with Gasteiger partial charge in [-0.2, -0.15) is 0 Å². The second-order valence-electron chi connectivity index (χ2n) is 6.33. The van der Waals surface area contributed by atoms with Crippen molar-refractivity contribution in [3.05, 3.63) is 0 Å². The standard InChI is InChI=1S/6CH3.F5N4P3.2Sn/c;;;;;;1-10(2)7-11(3,4)9-12(5,6)8-10;;/h6*1H3;;;. The third kappa shape index (κ3) is 4.95. The van der Waals surface area contributed by atoms with Crippen molar-refractivity contribution in [3.63, 3.8) is 0 Å². The Morgan fingerprint density at radius 3 is 1.30 bits per heavy atom. The van der Waals surface area contributed by atoms with Gasteiger partial charge in [0.1, 0.15) is 0 Å². The third-order valence-electron chi connectivity index (χ3n) is 2.18. The van der Waals surface area contributed by atoms with Crippen molar-refractivity contribution in [3.8, 4) is 0 Å². The molecule has 120 valence electrons. The molecule has 0 aromatic rings. The van der Waals surface area contributed by atoms with E-state index in [9.17, 15) is 16.8 Å². The second-order valence-corrected chi connectivity index (χ2v) is 44.8. The molecule has 1 heterocycles. The molecule has 1 atom stereocenters. The average Bonchev–Trinajstić information content (AvgIpc) is 1.84. The summed E-state index contributed by atoms with van der Waals surface area (Å²) < 4.78 is 77.8. The normalized spacial score (nSPS) is 29.4. The summed E-state index contributed by atoms with van der Waals surface area (Å²) in [4.78, 5) is 10.8.